The maximum Gasteiger partial charge on any atom is 0.306 e. The number of unbranched alkanes of at least 4 members (excludes halogenated alkanes) is 20. The zero-order valence-corrected chi connectivity index (χ0v) is 40.8. The van der Waals surface area contributed by atoms with Crippen molar-refractivity contribution in [1.29, 1.82) is 0 Å². The van der Waals surface area contributed by atoms with Crippen molar-refractivity contribution in [2.24, 2.45) is 0 Å². The minimum absolute atomic E-state index is 0.111. The third-order valence-corrected chi connectivity index (χ3v) is 10.7. The van der Waals surface area contributed by atoms with Crippen molar-refractivity contribution in [3.05, 3.63) is 97.2 Å². The van der Waals surface area contributed by atoms with Gasteiger partial charge in [0, 0.05) is 19.3 Å². The van der Waals surface area contributed by atoms with E-state index in [1.54, 1.807) is 0 Å². The van der Waals surface area contributed by atoms with Crippen LogP contribution in [0.15, 0.2) is 97.2 Å². The van der Waals surface area contributed by atoms with Gasteiger partial charge < -0.3 is 14.2 Å². The molecule has 358 valence electrons. The van der Waals surface area contributed by atoms with Crippen molar-refractivity contribution in [3.8, 4) is 0 Å². The Morgan fingerprint density at radius 2 is 0.730 bits per heavy atom. The van der Waals surface area contributed by atoms with Gasteiger partial charge in [-0.05, 0) is 70.6 Å². The number of rotatable bonds is 45. The molecule has 0 N–H and O–H groups in total. The summed E-state index contributed by atoms with van der Waals surface area (Å²) in [6.07, 6.45) is 66.9. The molecule has 0 bridgehead atoms. The third-order valence-electron chi connectivity index (χ3n) is 10.7. The van der Waals surface area contributed by atoms with E-state index in [1.165, 1.54) is 83.5 Å². The molecule has 0 radical (unpaired) electrons. The standard InChI is InChI=1S/C57H94O6/c1-4-7-10-13-16-19-22-25-27-29-32-35-38-41-44-47-50-56(59)62-53-54(52-61-55(58)49-46-43-40-37-34-31-24-21-18-15-12-9-6-3)63-57(60)51-48-45-42-39-36-33-30-28-26-23-20-17-14-11-8-5-2/h7,9-10,12,15-16,18-19,21,24-25,27,32,35,41,44,54H,4-6,8,11,13-14,17,20,22-23,26,28-31,33-34,36-40,42-43,45-53H2,1-3H3/b10-7+,12-9+,18-15+,19-16+,24-21+,27-25+,35-32+,44-41+. The van der Waals surface area contributed by atoms with Crippen molar-refractivity contribution in [2.45, 2.75) is 232 Å². The maximum atomic E-state index is 12.8. The van der Waals surface area contributed by atoms with Gasteiger partial charge >= 0.3 is 17.9 Å². The molecule has 0 aromatic carbocycles. The third kappa shape index (κ3) is 49.2. The lowest BCUT2D eigenvalue weighted by Crippen LogP contribution is -2.30. The largest absolute Gasteiger partial charge is 0.462 e. The molecule has 0 heterocycles. The molecule has 6 nitrogen and oxygen atoms in total. The minimum Gasteiger partial charge on any atom is -0.462 e. The summed E-state index contributed by atoms with van der Waals surface area (Å²) in [4.78, 5) is 37.9. The van der Waals surface area contributed by atoms with Crippen molar-refractivity contribution in [2.75, 3.05) is 13.2 Å². The Bertz CT molecular complexity index is 1280. The molecule has 0 saturated carbocycles. The van der Waals surface area contributed by atoms with Crippen LogP contribution in [0.1, 0.15) is 226 Å². The first-order valence-corrected chi connectivity index (χ1v) is 25.8. The molecule has 1 atom stereocenters. The lowest BCUT2D eigenvalue weighted by atomic mass is 10.0. The van der Waals surface area contributed by atoms with Crippen molar-refractivity contribution in [3.63, 3.8) is 0 Å². The van der Waals surface area contributed by atoms with Crippen LogP contribution >= 0.6 is 0 Å². The van der Waals surface area contributed by atoms with Gasteiger partial charge in [0.1, 0.15) is 13.2 Å². The molecule has 0 rings (SSSR count). The summed E-state index contributed by atoms with van der Waals surface area (Å²) in [5.41, 5.74) is 0. The van der Waals surface area contributed by atoms with E-state index in [4.69, 9.17) is 14.2 Å². The number of carbonyl (C=O) groups excluding carboxylic acids is 3. The highest BCUT2D eigenvalue weighted by Gasteiger charge is 2.19. The SMILES string of the molecule is CC/C=C/C=C/C=C/CCCCCCCC(=O)OCC(COC(=O)CC/C=C/C/C=C/C/C=C/C/C=C/C/C=C/CC)OC(=O)CCCCCCCCCCCCCCCCCC. The monoisotopic (exact) mass is 875 g/mol. The Labute approximate surface area is 387 Å². The molecular formula is C57H94O6. The predicted molar refractivity (Wildman–Crippen MR) is 270 cm³/mol. The van der Waals surface area contributed by atoms with Gasteiger partial charge in [0.15, 0.2) is 6.10 Å². The summed E-state index contributed by atoms with van der Waals surface area (Å²) in [7, 11) is 0. The van der Waals surface area contributed by atoms with Gasteiger partial charge in [0.05, 0.1) is 0 Å². The molecule has 0 amide bonds. The zero-order valence-electron chi connectivity index (χ0n) is 40.8. The summed E-state index contributed by atoms with van der Waals surface area (Å²) in [5, 5.41) is 0. The van der Waals surface area contributed by atoms with Gasteiger partial charge in [-0.25, -0.2) is 0 Å². The lowest BCUT2D eigenvalue weighted by molar-refractivity contribution is -0.166. The van der Waals surface area contributed by atoms with E-state index in [2.05, 4.69) is 106 Å². The normalized spacial score (nSPS) is 12.9. The number of allylic oxidation sites excluding steroid dienone is 16. The highest BCUT2D eigenvalue weighted by molar-refractivity contribution is 5.71. The van der Waals surface area contributed by atoms with Crippen LogP contribution in [0, 0.1) is 0 Å². The Morgan fingerprint density at radius 1 is 0.349 bits per heavy atom. The molecule has 0 saturated heterocycles. The minimum atomic E-state index is -0.814. The average molecular weight is 875 g/mol. The van der Waals surface area contributed by atoms with Gasteiger partial charge in [-0.1, -0.05) is 234 Å². The summed E-state index contributed by atoms with van der Waals surface area (Å²) >= 11 is 0. The quantitative estimate of drug-likeness (QED) is 0.0199. The Kier molecular flexibility index (Phi) is 48.0. The number of hydrogen-bond acceptors (Lipinski definition) is 6. The number of ether oxygens (including phenoxy) is 3. The van der Waals surface area contributed by atoms with Crippen molar-refractivity contribution in [1.82, 2.24) is 0 Å². The number of carbonyl (C=O) groups is 3. The first-order valence-electron chi connectivity index (χ1n) is 25.8. The number of hydrogen-bond donors (Lipinski definition) is 0. The van der Waals surface area contributed by atoms with Crippen LogP contribution in [-0.4, -0.2) is 37.2 Å². The molecule has 0 aliphatic heterocycles. The van der Waals surface area contributed by atoms with Crippen molar-refractivity contribution >= 4 is 17.9 Å². The van der Waals surface area contributed by atoms with E-state index >= 15 is 0 Å². The smallest absolute Gasteiger partial charge is 0.306 e. The second-order valence-electron chi connectivity index (χ2n) is 16.7. The summed E-state index contributed by atoms with van der Waals surface area (Å²) in [6, 6.07) is 0. The molecule has 0 aromatic rings. The molecule has 63 heavy (non-hydrogen) atoms. The van der Waals surface area contributed by atoms with Gasteiger partial charge in [0.25, 0.3) is 0 Å². The zero-order chi connectivity index (χ0) is 45.8. The first-order chi connectivity index (χ1) is 31.0. The molecular weight excluding hydrogens is 781 g/mol. The lowest BCUT2D eigenvalue weighted by Gasteiger charge is -2.18. The van der Waals surface area contributed by atoms with E-state index in [0.717, 1.165) is 96.3 Å². The molecule has 0 aromatic heterocycles. The van der Waals surface area contributed by atoms with Gasteiger partial charge in [0.2, 0.25) is 0 Å². The van der Waals surface area contributed by atoms with Gasteiger partial charge in [-0.15, -0.1) is 0 Å². The Balaban J connectivity index is 4.51. The number of esters is 3. The highest BCUT2D eigenvalue weighted by atomic mass is 16.6. The summed E-state index contributed by atoms with van der Waals surface area (Å²) in [5.74, 6) is -1.02. The second kappa shape index (κ2) is 51.0. The first kappa shape index (κ1) is 59.3. The van der Waals surface area contributed by atoms with E-state index in [0.29, 0.717) is 19.3 Å². The second-order valence-corrected chi connectivity index (χ2v) is 16.7. The molecule has 1 unspecified atom stereocenters. The maximum absolute atomic E-state index is 12.8. The fourth-order valence-electron chi connectivity index (χ4n) is 6.84. The van der Waals surface area contributed by atoms with Gasteiger partial charge in [-0.3, -0.25) is 14.4 Å². The van der Waals surface area contributed by atoms with E-state index in [-0.39, 0.29) is 37.5 Å². The van der Waals surface area contributed by atoms with Crippen molar-refractivity contribution < 1.29 is 28.6 Å². The fourth-order valence-corrected chi connectivity index (χ4v) is 6.84. The average Bonchev–Trinajstić information content (AvgIpc) is 3.28. The van der Waals surface area contributed by atoms with Crippen LogP contribution in [0.4, 0.5) is 0 Å². The van der Waals surface area contributed by atoms with Crippen LogP contribution in [0.25, 0.3) is 0 Å². The van der Waals surface area contributed by atoms with E-state index < -0.39 is 6.10 Å². The van der Waals surface area contributed by atoms with Crippen LogP contribution in [0.2, 0.25) is 0 Å². The Morgan fingerprint density at radius 3 is 1.21 bits per heavy atom. The van der Waals surface area contributed by atoms with Crippen LogP contribution in [0.5, 0.6) is 0 Å². The fraction of sp³-hybridized carbons (Fsp3) is 0.667. The van der Waals surface area contributed by atoms with E-state index in [9.17, 15) is 14.4 Å². The van der Waals surface area contributed by atoms with E-state index in [1.807, 2.05) is 12.2 Å². The molecule has 0 fully saturated rings. The summed E-state index contributed by atoms with van der Waals surface area (Å²) < 4.78 is 16.7. The topological polar surface area (TPSA) is 78.9 Å². The molecule has 0 aliphatic carbocycles. The Hall–Kier alpha value is -3.67. The summed E-state index contributed by atoms with van der Waals surface area (Å²) in [6.45, 7) is 6.31. The molecule has 6 heteroatoms. The highest BCUT2D eigenvalue weighted by Crippen LogP contribution is 2.15. The van der Waals surface area contributed by atoms with Crippen LogP contribution in [-0.2, 0) is 28.6 Å². The van der Waals surface area contributed by atoms with Crippen LogP contribution < -0.4 is 0 Å². The predicted octanol–water partition coefficient (Wildman–Crippen LogP) is 17.0. The molecule has 0 aliphatic rings. The molecule has 0 spiro atoms. The van der Waals surface area contributed by atoms with Gasteiger partial charge in [-0.2, -0.15) is 0 Å². The van der Waals surface area contributed by atoms with Crippen LogP contribution in [0.3, 0.4) is 0 Å².